The van der Waals surface area contributed by atoms with Gasteiger partial charge in [-0.1, -0.05) is 41.9 Å². The van der Waals surface area contributed by atoms with Crippen molar-refractivity contribution in [3.8, 4) is 0 Å². The molecule has 1 heterocycles. The molecule has 0 aliphatic heterocycles. The largest absolute Gasteiger partial charge is 0.480 e. The van der Waals surface area contributed by atoms with Crippen molar-refractivity contribution in [2.75, 3.05) is 11.4 Å². The van der Waals surface area contributed by atoms with E-state index in [0.29, 0.717) is 20.8 Å². The van der Waals surface area contributed by atoms with Gasteiger partial charge in [-0.05, 0) is 23.8 Å². The second kappa shape index (κ2) is 7.51. The Morgan fingerprint density at radius 3 is 2.37 bits per heavy atom. The van der Waals surface area contributed by atoms with E-state index in [9.17, 15) is 19.5 Å². The maximum absolute atomic E-state index is 12.8. The number of carboxylic acids is 1. The molecule has 0 atom stereocenters. The molecule has 0 aliphatic rings. The summed E-state index contributed by atoms with van der Waals surface area (Å²) in [7, 11) is 0. The Bertz CT molecular complexity index is 1090. The highest BCUT2D eigenvalue weighted by atomic mass is 35.5. The molecule has 0 aliphatic carbocycles. The van der Waals surface area contributed by atoms with Crippen molar-refractivity contribution >= 4 is 40.3 Å². The first-order valence-electron chi connectivity index (χ1n) is 7.96. The standard InChI is InChI=1S/C19H15ClN2O5/c20-14-7-3-1-5-12(14)9-21-10-16(22(19(26)27)11-17(23)24)18(25)13-6-2-4-8-15(13)21/h1-8,10H,9,11H2,(H,23,24)(H,26,27). The number of aliphatic carboxylic acids is 1. The van der Waals surface area contributed by atoms with Crippen molar-refractivity contribution in [3.63, 3.8) is 0 Å². The number of carbonyl (C=O) groups is 2. The molecule has 1 aromatic heterocycles. The van der Waals surface area contributed by atoms with Crippen LogP contribution in [0, 0.1) is 0 Å². The van der Waals surface area contributed by atoms with Gasteiger partial charge in [0.2, 0.25) is 5.43 Å². The lowest BCUT2D eigenvalue weighted by molar-refractivity contribution is -0.135. The molecule has 138 valence electrons. The van der Waals surface area contributed by atoms with Gasteiger partial charge < -0.3 is 14.8 Å². The molecular weight excluding hydrogens is 372 g/mol. The number of hydrogen-bond acceptors (Lipinski definition) is 3. The third kappa shape index (κ3) is 3.78. The number of anilines is 1. The van der Waals surface area contributed by atoms with E-state index in [1.165, 1.54) is 6.20 Å². The van der Waals surface area contributed by atoms with Crippen LogP contribution in [0.2, 0.25) is 5.02 Å². The molecule has 0 spiro atoms. The molecule has 3 rings (SSSR count). The van der Waals surface area contributed by atoms with Crippen LogP contribution < -0.4 is 10.3 Å². The quantitative estimate of drug-likeness (QED) is 0.701. The summed E-state index contributed by atoms with van der Waals surface area (Å²) < 4.78 is 1.69. The summed E-state index contributed by atoms with van der Waals surface area (Å²) in [6, 6.07) is 13.9. The zero-order valence-electron chi connectivity index (χ0n) is 14.0. The number of aromatic nitrogens is 1. The molecule has 27 heavy (non-hydrogen) atoms. The van der Waals surface area contributed by atoms with Gasteiger partial charge in [0.15, 0.2) is 0 Å². The van der Waals surface area contributed by atoms with Crippen molar-refractivity contribution in [2.45, 2.75) is 6.54 Å². The Balaban J connectivity index is 2.22. The minimum absolute atomic E-state index is 0.226. The zero-order valence-corrected chi connectivity index (χ0v) is 14.8. The van der Waals surface area contributed by atoms with E-state index < -0.39 is 24.0 Å². The maximum atomic E-state index is 12.8. The van der Waals surface area contributed by atoms with Crippen molar-refractivity contribution in [3.05, 3.63) is 75.5 Å². The van der Waals surface area contributed by atoms with Crippen LogP contribution >= 0.6 is 11.6 Å². The molecule has 0 unspecified atom stereocenters. The first-order chi connectivity index (χ1) is 12.9. The summed E-state index contributed by atoms with van der Waals surface area (Å²) in [4.78, 5) is 35.9. The first-order valence-corrected chi connectivity index (χ1v) is 8.34. The number of nitrogens with zero attached hydrogens (tertiary/aromatic N) is 2. The number of rotatable bonds is 5. The van der Waals surface area contributed by atoms with Gasteiger partial charge in [0.25, 0.3) is 0 Å². The van der Waals surface area contributed by atoms with Gasteiger partial charge in [-0.25, -0.2) is 4.79 Å². The zero-order chi connectivity index (χ0) is 19.6. The lowest BCUT2D eigenvalue weighted by Gasteiger charge is -2.20. The van der Waals surface area contributed by atoms with E-state index in [1.54, 1.807) is 41.0 Å². The van der Waals surface area contributed by atoms with Crippen molar-refractivity contribution in [1.29, 1.82) is 0 Å². The Hall–Kier alpha value is -3.32. The van der Waals surface area contributed by atoms with Crippen LogP contribution in [0.4, 0.5) is 10.5 Å². The van der Waals surface area contributed by atoms with Crippen LogP contribution in [0.3, 0.4) is 0 Å². The van der Waals surface area contributed by atoms with Gasteiger partial charge in [-0.3, -0.25) is 14.5 Å². The predicted octanol–water partition coefficient (Wildman–Crippen LogP) is 3.27. The molecule has 0 fully saturated rings. The van der Waals surface area contributed by atoms with Crippen LogP contribution in [-0.2, 0) is 11.3 Å². The van der Waals surface area contributed by atoms with Crippen LogP contribution in [-0.4, -0.2) is 33.4 Å². The molecule has 8 heteroatoms. The number of carboxylic acid groups (broad SMARTS) is 2. The first kappa shape index (κ1) is 18.5. The number of para-hydroxylation sites is 1. The molecule has 0 saturated carbocycles. The minimum atomic E-state index is -1.52. The van der Waals surface area contributed by atoms with E-state index in [4.69, 9.17) is 16.7 Å². The van der Waals surface area contributed by atoms with E-state index >= 15 is 0 Å². The Morgan fingerprint density at radius 1 is 1.04 bits per heavy atom. The summed E-state index contributed by atoms with van der Waals surface area (Å²) in [5.41, 5.74) is 0.589. The third-order valence-corrected chi connectivity index (χ3v) is 4.45. The lowest BCUT2D eigenvalue weighted by atomic mass is 10.1. The monoisotopic (exact) mass is 386 g/mol. The number of hydrogen-bond donors (Lipinski definition) is 2. The predicted molar refractivity (Wildman–Crippen MR) is 102 cm³/mol. The lowest BCUT2D eigenvalue weighted by Crippen LogP contribution is -2.38. The Morgan fingerprint density at radius 2 is 1.70 bits per heavy atom. The number of halogens is 1. The molecule has 7 nitrogen and oxygen atoms in total. The molecule has 1 amide bonds. The molecule has 0 radical (unpaired) electrons. The van der Waals surface area contributed by atoms with E-state index in [1.807, 2.05) is 12.1 Å². The number of pyridine rings is 1. The average molecular weight is 387 g/mol. The van der Waals surface area contributed by atoms with Gasteiger partial charge in [0, 0.05) is 23.2 Å². The molecular formula is C19H15ClN2O5. The van der Waals surface area contributed by atoms with Crippen LogP contribution in [0.1, 0.15) is 5.56 Å². The van der Waals surface area contributed by atoms with Gasteiger partial charge >= 0.3 is 12.1 Å². The smallest absolute Gasteiger partial charge is 0.412 e. The van der Waals surface area contributed by atoms with Crippen LogP contribution in [0.15, 0.2) is 59.5 Å². The van der Waals surface area contributed by atoms with E-state index in [2.05, 4.69) is 0 Å². The molecule has 2 aromatic carbocycles. The number of fused-ring (bicyclic) bond motifs is 1. The summed E-state index contributed by atoms with van der Waals surface area (Å²) >= 11 is 6.22. The fourth-order valence-corrected chi connectivity index (χ4v) is 3.05. The third-order valence-electron chi connectivity index (χ3n) is 4.08. The number of amides is 1. The minimum Gasteiger partial charge on any atom is -0.480 e. The van der Waals surface area contributed by atoms with Gasteiger partial charge in [0.05, 0.1) is 5.52 Å². The average Bonchev–Trinajstić information content (AvgIpc) is 2.64. The summed E-state index contributed by atoms with van der Waals surface area (Å²) in [6.07, 6.45) is -0.167. The van der Waals surface area contributed by atoms with Gasteiger partial charge in [-0.15, -0.1) is 0 Å². The normalized spacial score (nSPS) is 10.7. The van der Waals surface area contributed by atoms with Gasteiger partial charge in [-0.2, -0.15) is 0 Å². The van der Waals surface area contributed by atoms with E-state index in [-0.39, 0.29) is 12.2 Å². The van der Waals surface area contributed by atoms with Crippen molar-refractivity contribution < 1.29 is 19.8 Å². The fourth-order valence-electron chi connectivity index (χ4n) is 2.85. The van der Waals surface area contributed by atoms with Crippen LogP contribution in [0.5, 0.6) is 0 Å². The fraction of sp³-hybridized carbons (Fsp3) is 0.105. The number of benzene rings is 2. The van der Waals surface area contributed by atoms with Crippen molar-refractivity contribution in [1.82, 2.24) is 4.57 Å². The summed E-state index contributed by atoms with van der Waals surface area (Å²) in [6.45, 7) is -0.553. The molecule has 0 bridgehead atoms. The summed E-state index contributed by atoms with van der Waals surface area (Å²) in [5.74, 6) is -1.36. The van der Waals surface area contributed by atoms with Crippen molar-refractivity contribution in [2.24, 2.45) is 0 Å². The van der Waals surface area contributed by atoms with E-state index in [0.717, 1.165) is 5.56 Å². The Kier molecular flexibility index (Phi) is 5.14. The highest BCUT2D eigenvalue weighted by Gasteiger charge is 2.23. The Labute approximate surface area is 158 Å². The SMILES string of the molecule is O=C(O)CN(C(=O)O)c1cn(Cc2ccccc2Cl)c2ccccc2c1=O. The maximum Gasteiger partial charge on any atom is 0.412 e. The topological polar surface area (TPSA) is 99.8 Å². The highest BCUT2D eigenvalue weighted by Crippen LogP contribution is 2.22. The van der Waals surface area contributed by atoms with Crippen LogP contribution in [0.25, 0.3) is 10.9 Å². The molecule has 0 saturated heterocycles. The molecule has 2 N–H and O–H groups in total. The second-order valence-corrected chi connectivity index (χ2v) is 6.25. The molecule has 3 aromatic rings. The van der Waals surface area contributed by atoms with Gasteiger partial charge in [0.1, 0.15) is 12.2 Å². The highest BCUT2D eigenvalue weighted by molar-refractivity contribution is 6.31. The summed E-state index contributed by atoms with van der Waals surface area (Å²) in [5, 5.41) is 19.2. The second-order valence-electron chi connectivity index (χ2n) is 5.84.